The van der Waals surface area contributed by atoms with Gasteiger partial charge in [0.15, 0.2) is 0 Å². The zero-order valence-corrected chi connectivity index (χ0v) is 7.83. The van der Waals surface area contributed by atoms with E-state index in [0.717, 1.165) is 0 Å². The molecule has 0 aliphatic carbocycles. The highest BCUT2D eigenvalue weighted by Crippen LogP contribution is 2.05. The van der Waals surface area contributed by atoms with E-state index in [-0.39, 0.29) is 0 Å². The van der Waals surface area contributed by atoms with E-state index in [1.165, 1.54) is 16.4 Å². The molecule has 1 atom stereocenters. The van der Waals surface area contributed by atoms with Gasteiger partial charge >= 0.3 is 0 Å². The Bertz CT molecular complexity index is 268. The van der Waals surface area contributed by atoms with Gasteiger partial charge in [-0.1, -0.05) is 23.8 Å². The minimum atomic E-state index is 0.707. The van der Waals surface area contributed by atoms with Gasteiger partial charge in [-0.15, -0.1) is 9.24 Å². The van der Waals surface area contributed by atoms with E-state index in [0.29, 0.717) is 6.54 Å². The Morgan fingerprint density at radius 3 is 2.82 bits per heavy atom. The summed E-state index contributed by atoms with van der Waals surface area (Å²) < 4.78 is 0. The lowest BCUT2D eigenvalue weighted by Gasteiger charge is -2.02. The first-order chi connectivity index (χ1) is 5.24. The zero-order valence-electron chi connectivity index (χ0n) is 6.67. The van der Waals surface area contributed by atoms with E-state index in [1.807, 2.05) is 0 Å². The molecule has 0 spiro atoms. The van der Waals surface area contributed by atoms with Crippen molar-refractivity contribution in [3.05, 3.63) is 29.3 Å². The van der Waals surface area contributed by atoms with Gasteiger partial charge in [-0.3, -0.25) is 4.99 Å². The fourth-order valence-corrected chi connectivity index (χ4v) is 1.43. The number of nitrogens with zero attached hydrogens (tertiary/aromatic N) is 1. The van der Waals surface area contributed by atoms with Crippen LogP contribution in [0.5, 0.6) is 0 Å². The predicted octanol–water partition coefficient (Wildman–Crippen LogP) is 1.70. The molecule has 1 nitrogen and oxygen atoms in total. The zero-order chi connectivity index (χ0) is 8.27. The highest BCUT2D eigenvalue weighted by atomic mass is 31.0. The topological polar surface area (TPSA) is 12.4 Å². The molecular formula is C9H12NP. The van der Waals surface area contributed by atoms with Gasteiger partial charge in [0.2, 0.25) is 0 Å². The number of hydrogen-bond acceptors (Lipinski definition) is 1. The summed E-state index contributed by atoms with van der Waals surface area (Å²) in [6.45, 7) is 6.25. The monoisotopic (exact) mass is 165 g/mol. The van der Waals surface area contributed by atoms with E-state index >= 15 is 0 Å². The van der Waals surface area contributed by atoms with Crippen LogP contribution in [0.2, 0.25) is 0 Å². The highest BCUT2D eigenvalue weighted by molar-refractivity contribution is 7.27. The van der Waals surface area contributed by atoms with Crippen LogP contribution in [0.3, 0.4) is 0 Å². The molecule has 0 saturated carbocycles. The minimum absolute atomic E-state index is 0.707. The fraction of sp³-hybridized carbons (Fsp3) is 0.222. The van der Waals surface area contributed by atoms with E-state index in [1.54, 1.807) is 0 Å². The van der Waals surface area contributed by atoms with Crippen molar-refractivity contribution in [2.24, 2.45) is 4.99 Å². The smallest absolute Gasteiger partial charge is 0.0638 e. The fourth-order valence-electron chi connectivity index (χ4n) is 0.979. The second kappa shape index (κ2) is 3.64. The molecule has 58 valence electrons. The van der Waals surface area contributed by atoms with Crippen molar-refractivity contribution in [2.75, 3.05) is 0 Å². The van der Waals surface area contributed by atoms with Gasteiger partial charge in [-0.2, -0.15) is 0 Å². The van der Waals surface area contributed by atoms with E-state index in [9.17, 15) is 0 Å². The van der Waals surface area contributed by atoms with E-state index in [4.69, 9.17) is 0 Å². The first kappa shape index (κ1) is 8.42. The Labute approximate surface area is 69.8 Å². The molecule has 0 bridgehead atoms. The molecule has 11 heavy (non-hydrogen) atoms. The molecule has 1 rings (SSSR count). The van der Waals surface area contributed by atoms with Crippen LogP contribution in [0.15, 0.2) is 23.2 Å². The molecule has 2 heteroatoms. The number of rotatable bonds is 2. The standard InChI is InChI=1S/C9H12NP/c1-7-3-4-8(6-10-2)9(11)5-7/h3-5H,2,6,11H2,1H3. The van der Waals surface area contributed by atoms with Gasteiger partial charge in [-0.25, -0.2) is 0 Å². The molecular weight excluding hydrogens is 153 g/mol. The van der Waals surface area contributed by atoms with Crippen molar-refractivity contribution < 1.29 is 0 Å². The van der Waals surface area contributed by atoms with Crippen molar-refractivity contribution in [1.82, 2.24) is 0 Å². The lowest BCUT2D eigenvalue weighted by molar-refractivity contribution is 1.09. The predicted molar refractivity (Wildman–Crippen MR) is 53.8 cm³/mol. The third kappa shape index (κ3) is 2.13. The maximum Gasteiger partial charge on any atom is 0.0638 e. The Kier molecular flexibility index (Phi) is 2.78. The maximum absolute atomic E-state index is 3.83. The van der Waals surface area contributed by atoms with Crippen molar-refractivity contribution in [3.8, 4) is 0 Å². The summed E-state index contributed by atoms with van der Waals surface area (Å²) in [5.74, 6) is 0. The quantitative estimate of drug-likeness (QED) is 0.467. The molecule has 0 saturated heterocycles. The maximum atomic E-state index is 3.83. The lowest BCUT2D eigenvalue weighted by atomic mass is 10.1. The first-order valence-corrected chi connectivity index (χ1v) is 4.09. The Balaban J connectivity index is 2.98. The summed E-state index contributed by atoms with van der Waals surface area (Å²) in [5, 5.41) is 1.22. The van der Waals surface area contributed by atoms with E-state index in [2.05, 4.69) is 46.1 Å². The molecule has 0 aromatic heterocycles. The summed E-state index contributed by atoms with van der Waals surface area (Å²) in [7, 11) is 2.71. The van der Waals surface area contributed by atoms with Gasteiger partial charge in [0.1, 0.15) is 0 Å². The average Bonchev–Trinajstić information content (AvgIpc) is 1.95. The van der Waals surface area contributed by atoms with Crippen LogP contribution in [0.25, 0.3) is 0 Å². The largest absolute Gasteiger partial charge is 0.296 e. The highest BCUT2D eigenvalue weighted by Gasteiger charge is 1.95. The molecule has 0 aliphatic heterocycles. The second-order valence-corrected chi connectivity index (χ2v) is 3.21. The molecule has 0 N–H and O–H groups in total. The number of hydrogen-bond donors (Lipinski definition) is 0. The summed E-state index contributed by atoms with van der Waals surface area (Å²) in [4.78, 5) is 3.83. The van der Waals surface area contributed by atoms with Crippen molar-refractivity contribution >= 4 is 21.3 Å². The van der Waals surface area contributed by atoms with E-state index < -0.39 is 0 Å². The van der Waals surface area contributed by atoms with Gasteiger partial charge in [0, 0.05) is 0 Å². The molecule has 1 unspecified atom stereocenters. The molecule has 0 heterocycles. The summed E-state index contributed by atoms with van der Waals surface area (Å²) in [6, 6.07) is 6.31. The molecule has 1 aromatic rings. The van der Waals surface area contributed by atoms with Crippen LogP contribution in [0.1, 0.15) is 11.1 Å². The Morgan fingerprint density at radius 2 is 2.27 bits per heavy atom. The Hall–Kier alpha value is -0.680. The van der Waals surface area contributed by atoms with Crippen LogP contribution in [0, 0.1) is 6.92 Å². The number of aryl methyl sites for hydroxylation is 1. The summed E-state index contributed by atoms with van der Waals surface area (Å²) >= 11 is 0. The normalized spacial score (nSPS) is 9.64. The van der Waals surface area contributed by atoms with Crippen molar-refractivity contribution in [3.63, 3.8) is 0 Å². The lowest BCUT2D eigenvalue weighted by Crippen LogP contribution is -2.00. The van der Waals surface area contributed by atoms with Crippen LogP contribution >= 0.6 is 9.24 Å². The number of aliphatic imine (C=N–C) groups is 1. The van der Waals surface area contributed by atoms with Crippen LogP contribution in [-0.2, 0) is 6.54 Å². The van der Waals surface area contributed by atoms with Gasteiger partial charge in [0.05, 0.1) is 6.54 Å². The summed E-state index contributed by atoms with van der Waals surface area (Å²) in [5.41, 5.74) is 2.51. The second-order valence-electron chi connectivity index (χ2n) is 2.58. The molecule has 1 aromatic carbocycles. The average molecular weight is 165 g/mol. The van der Waals surface area contributed by atoms with Gasteiger partial charge in [0.25, 0.3) is 0 Å². The molecule has 0 radical (unpaired) electrons. The van der Waals surface area contributed by atoms with Crippen LogP contribution in [0.4, 0.5) is 0 Å². The van der Waals surface area contributed by atoms with Crippen LogP contribution in [-0.4, -0.2) is 6.72 Å². The van der Waals surface area contributed by atoms with Crippen LogP contribution < -0.4 is 5.30 Å². The molecule has 0 fully saturated rings. The van der Waals surface area contributed by atoms with Crippen molar-refractivity contribution in [2.45, 2.75) is 13.5 Å². The van der Waals surface area contributed by atoms with Gasteiger partial charge < -0.3 is 0 Å². The minimum Gasteiger partial charge on any atom is -0.296 e. The third-order valence-corrected chi connectivity index (χ3v) is 2.12. The van der Waals surface area contributed by atoms with Gasteiger partial charge in [-0.05, 0) is 24.5 Å². The summed E-state index contributed by atoms with van der Waals surface area (Å²) in [6.07, 6.45) is 0. The molecule has 0 aliphatic rings. The molecule has 0 amide bonds. The number of benzene rings is 1. The Morgan fingerprint density at radius 1 is 1.55 bits per heavy atom. The first-order valence-electron chi connectivity index (χ1n) is 3.51. The van der Waals surface area contributed by atoms with Crippen molar-refractivity contribution in [1.29, 1.82) is 0 Å². The third-order valence-electron chi connectivity index (χ3n) is 1.58. The SMILES string of the molecule is C=NCc1ccc(C)cc1P.